The highest BCUT2D eigenvalue weighted by Gasteiger charge is 2.47. The van der Waals surface area contributed by atoms with Gasteiger partial charge in [-0.1, -0.05) is 39.0 Å². The molecule has 1 fully saturated rings. The molecule has 0 spiro atoms. The third kappa shape index (κ3) is 4.04. The third-order valence-electron chi connectivity index (χ3n) is 7.05. The molecule has 2 heterocycles. The first-order chi connectivity index (χ1) is 15.0. The van der Waals surface area contributed by atoms with Gasteiger partial charge in [-0.05, 0) is 44.4 Å². The molecule has 1 saturated carbocycles. The number of hydrogen-bond acceptors (Lipinski definition) is 3. The Morgan fingerprint density at radius 2 is 1.94 bits per heavy atom. The van der Waals surface area contributed by atoms with E-state index in [1.54, 1.807) is 7.11 Å². The second-order valence-electron chi connectivity index (χ2n) is 9.29. The van der Waals surface area contributed by atoms with Crippen molar-refractivity contribution in [3.05, 3.63) is 30.0 Å². The van der Waals surface area contributed by atoms with Crippen molar-refractivity contribution in [2.24, 2.45) is 0 Å². The van der Waals surface area contributed by atoms with Crippen molar-refractivity contribution < 1.29 is 14.3 Å². The number of aromatic nitrogens is 1. The smallest absolute Gasteiger partial charge is 0.271 e. The van der Waals surface area contributed by atoms with Crippen LogP contribution in [0.3, 0.4) is 0 Å². The van der Waals surface area contributed by atoms with Gasteiger partial charge < -0.3 is 19.5 Å². The maximum atomic E-state index is 13.7. The summed E-state index contributed by atoms with van der Waals surface area (Å²) >= 11 is 0. The largest absolute Gasteiger partial charge is 0.497 e. The normalized spacial score (nSPS) is 22.3. The summed E-state index contributed by atoms with van der Waals surface area (Å²) in [6.07, 6.45) is 8.71. The van der Waals surface area contributed by atoms with E-state index in [1.165, 1.54) is 12.8 Å². The molecule has 0 unspecified atom stereocenters. The summed E-state index contributed by atoms with van der Waals surface area (Å²) in [5.41, 5.74) is 0.672. The van der Waals surface area contributed by atoms with Gasteiger partial charge in [0.05, 0.1) is 19.2 Å². The first-order valence-corrected chi connectivity index (χ1v) is 11.8. The van der Waals surface area contributed by atoms with Gasteiger partial charge in [-0.25, -0.2) is 0 Å². The number of nitrogens with one attached hydrogen (secondary N) is 1. The summed E-state index contributed by atoms with van der Waals surface area (Å²) in [7, 11) is 1.64. The molecule has 1 aromatic carbocycles. The second kappa shape index (κ2) is 8.93. The molecule has 1 atom stereocenters. The summed E-state index contributed by atoms with van der Waals surface area (Å²) in [4.78, 5) is 29.1. The number of carbonyl (C=O) groups excluding carboxylic acids is 2. The van der Waals surface area contributed by atoms with Crippen molar-refractivity contribution in [1.82, 2.24) is 14.8 Å². The van der Waals surface area contributed by atoms with Gasteiger partial charge in [-0.2, -0.15) is 0 Å². The molecule has 1 aliphatic heterocycles. The lowest BCUT2D eigenvalue weighted by molar-refractivity contribution is -0.133. The Morgan fingerprint density at radius 3 is 2.61 bits per heavy atom. The zero-order valence-corrected chi connectivity index (χ0v) is 19.1. The molecule has 0 bridgehead atoms. The fraction of sp³-hybridized carbons (Fsp3) is 0.600. The maximum absolute atomic E-state index is 13.7. The average molecular weight is 426 g/mol. The number of fused-ring (bicyclic) bond motifs is 3. The molecule has 0 saturated heterocycles. The zero-order valence-electron chi connectivity index (χ0n) is 19.1. The number of carbonyl (C=O) groups is 2. The van der Waals surface area contributed by atoms with Crippen LogP contribution in [0.15, 0.2) is 24.3 Å². The van der Waals surface area contributed by atoms with Gasteiger partial charge in [-0.3, -0.25) is 9.59 Å². The minimum Gasteiger partial charge on any atom is -0.497 e. The maximum Gasteiger partial charge on any atom is 0.271 e. The van der Waals surface area contributed by atoms with Crippen molar-refractivity contribution in [3.63, 3.8) is 0 Å². The summed E-state index contributed by atoms with van der Waals surface area (Å²) in [5, 5.41) is 4.31. The summed E-state index contributed by atoms with van der Waals surface area (Å²) < 4.78 is 7.42. The van der Waals surface area contributed by atoms with Gasteiger partial charge in [0.1, 0.15) is 17.0 Å². The molecular formula is C25H35N3O3. The van der Waals surface area contributed by atoms with Crippen molar-refractivity contribution in [2.75, 3.05) is 13.7 Å². The quantitative estimate of drug-likeness (QED) is 0.693. The van der Waals surface area contributed by atoms with Crippen molar-refractivity contribution in [3.8, 4) is 5.75 Å². The number of amides is 2. The molecule has 1 aromatic heterocycles. The molecule has 1 N–H and O–H groups in total. The lowest BCUT2D eigenvalue weighted by atomic mass is 9.93. The fourth-order valence-electron chi connectivity index (χ4n) is 5.09. The van der Waals surface area contributed by atoms with E-state index < -0.39 is 5.54 Å². The van der Waals surface area contributed by atoms with Crippen LogP contribution >= 0.6 is 0 Å². The van der Waals surface area contributed by atoms with Gasteiger partial charge in [0, 0.05) is 24.0 Å². The van der Waals surface area contributed by atoms with Crippen LogP contribution in [0.5, 0.6) is 5.75 Å². The fourth-order valence-corrected chi connectivity index (χ4v) is 5.09. The minimum atomic E-state index is -0.916. The number of unbranched alkanes of at least 4 members (excludes halogenated alkanes) is 1. The topological polar surface area (TPSA) is 63.6 Å². The molecule has 2 aromatic rings. The van der Waals surface area contributed by atoms with E-state index in [1.807, 2.05) is 40.7 Å². The van der Waals surface area contributed by atoms with E-state index in [0.29, 0.717) is 18.8 Å². The molecule has 4 rings (SSSR count). The highest BCUT2D eigenvalue weighted by molar-refractivity contribution is 6.03. The van der Waals surface area contributed by atoms with Gasteiger partial charge >= 0.3 is 0 Å². The molecule has 0 radical (unpaired) electrons. The predicted molar refractivity (Wildman–Crippen MR) is 122 cm³/mol. The Kier molecular flexibility index (Phi) is 6.26. The molecule has 2 amide bonds. The average Bonchev–Trinajstić information content (AvgIpc) is 2.93. The molecular weight excluding hydrogens is 390 g/mol. The standard InChI is InChI=1S/C25H35N3O3/c1-4-5-14-28-23(29)22-15-18-12-13-20(31-3)16-21(18)27(22)17-25(28,2)24(30)26-19-10-8-6-7-9-11-19/h12-13,15-16,19H,4-11,14,17H2,1-3H3,(H,26,30)/t25-/m0/s1. The lowest BCUT2D eigenvalue weighted by Crippen LogP contribution is -2.65. The van der Waals surface area contributed by atoms with Crippen LogP contribution in [0.25, 0.3) is 10.9 Å². The van der Waals surface area contributed by atoms with Crippen LogP contribution in [-0.4, -0.2) is 46.5 Å². The first kappa shape index (κ1) is 21.7. The Bertz CT molecular complexity index is 958. The molecule has 1 aliphatic carbocycles. The number of benzene rings is 1. The monoisotopic (exact) mass is 425 g/mol. The predicted octanol–water partition coefficient (Wildman–Crippen LogP) is 4.50. The van der Waals surface area contributed by atoms with Gasteiger partial charge in [0.2, 0.25) is 5.91 Å². The number of hydrogen-bond donors (Lipinski definition) is 1. The van der Waals surface area contributed by atoms with E-state index in [-0.39, 0.29) is 17.9 Å². The zero-order chi connectivity index (χ0) is 22.0. The Balaban J connectivity index is 1.71. The Hall–Kier alpha value is -2.50. The van der Waals surface area contributed by atoms with Crippen molar-refractivity contribution in [1.29, 1.82) is 0 Å². The number of nitrogens with zero attached hydrogens (tertiary/aromatic N) is 2. The molecule has 168 valence electrons. The van der Waals surface area contributed by atoms with E-state index in [0.717, 1.165) is 55.2 Å². The van der Waals surface area contributed by atoms with Crippen LogP contribution < -0.4 is 10.1 Å². The SMILES string of the molecule is CCCCN1C(=O)c2cc3ccc(OC)cc3n2C[C@@]1(C)C(=O)NC1CCCCCC1. The van der Waals surface area contributed by atoms with Crippen LogP contribution in [-0.2, 0) is 11.3 Å². The van der Waals surface area contributed by atoms with E-state index >= 15 is 0 Å². The van der Waals surface area contributed by atoms with E-state index in [2.05, 4.69) is 12.2 Å². The van der Waals surface area contributed by atoms with E-state index in [9.17, 15) is 9.59 Å². The van der Waals surface area contributed by atoms with Crippen LogP contribution in [0.1, 0.15) is 75.7 Å². The minimum absolute atomic E-state index is 0.0285. The lowest BCUT2D eigenvalue weighted by Gasteiger charge is -2.44. The summed E-state index contributed by atoms with van der Waals surface area (Å²) in [6, 6.07) is 7.99. The number of methoxy groups -OCH3 is 1. The molecule has 6 nitrogen and oxygen atoms in total. The molecule has 2 aliphatic rings. The van der Waals surface area contributed by atoms with E-state index in [4.69, 9.17) is 4.74 Å². The summed E-state index contributed by atoms with van der Waals surface area (Å²) in [5.74, 6) is 0.659. The van der Waals surface area contributed by atoms with Gasteiger partial charge in [0.15, 0.2) is 0 Å². The van der Waals surface area contributed by atoms with Gasteiger partial charge in [-0.15, -0.1) is 0 Å². The first-order valence-electron chi connectivity index (χ1n) is 11.8. The number of ether oxygens (including phenoxy) is 1. The summed E-state index contributed by atoms with van der Waals surface area (Å²) in [6.45, 7) is 5.09. The van der Waals surface area contributed by atoms with Gasteiger partial charge in [0.25, 0.3) is 5.91 Å². The second-order valence-corrected chi connectivity index (χ2v) is 9.29. The van der Waals surface area contributed by atoms with Crippen LogP contribution in [0, 0.1) is 0 Å². The van der Waals surface area contributed by atoms with Crippen LogP contribution in [0.4, 0.5) is 0 Å². The third-order valence-corrected chi connectivity index (χ3v) is 7.05. The highest BCUT2D eigenvalue weighted by Crippen LogP contribution is 2.34. The Labute approximate surface area is 184 Å². The molecule has 6 heteroatoms. The Morgan fingerprint density at radius 1 is 1.19 bits per heavy atom. The molecule has 31 heavy (non-hydrogen) atoms. The highest BCUT2D eigenvalue weighted by atomic mass is 16.5. The van der Waals surface area contributed by atoms with Crippen molar-refractivity contribution >= 4 is 22.7 Å². The van der Waals surface area contributed by atoms with Crippen molar-refractivity contribution in [2.45, 2.75) is 83.3 Å². The van der Waals surface area contributed by atoms with Crippen LogP contribution in [0.2, 0.25) is 0 Å². The number of rotatable bonds is 6.